The molecule has 1 atom stereocenters. The molecule has 1 aromatic heterocycles. The van der Waals surface area contributed by atoms with Crippen LogP contribution < -0.4 is 10.6 Å². The lowest BCUT2D eigenvalue weighted by Gasteiger charge is -2.16. The Labute approximate surface area is 119 Å². The number of hydrogen-bond acceptors (Lipinski definition) is 3. The maximum Gasteiger partial charge on any atom is 0.228 e. The van der Waals surface area contributed by atoms with Crippen molar-refractivity contribution in [3.05, 3.63) is 51.9 Å². The molecule has 0 bridgehead atoms. The number of benzene rings is 1. The fourth-order valence-corrected chi connectivity index (χ4v) is 2.91. The van der Waals surface area contributed by atoms with Crippen molar-refractivity contribution in [2.24, 2.45) is 0 Å². The van der Waals surface area contributed by atoms with Crippen molar-refractivity contribution in [2.45, 2.75) is 12.5 Å². The smallest absolute Gasteiger partial charge is 0.228 e. The molecule has 4 nitrogen and oxygen atoms in total. The number of halogens is 1. The fraction of sp³-hybridized carbons (Fsp3) is 0.214. The molecule has 1 unspecified atom stereocenters. The van der Waals surface area contributed by atoms with Crippen LogP contribution in [0, 0.1) is 0 Å². The van der Waals surface area contributed by atoms with E-state index in [0.717, 1.165) is 27.0 Å². The molecule has 0 saturated heterocycles. The Morgan fingerprint density at radius 2 is 2.26 bits per heavy atom. The molecule has 2 heterocycles. The third kappa shape index (κ3) is 2.19. The maximum absolute atomic E-state index is 11.4. The van der Waals surface area contributed by atoms with Crippen LogP contribution in [-0.4, -0.2) is 13.0 Å². The number of furan rings is 1. The van der Waals surface area contributed by atoms with Crippen LogP contribution in [0.5, 0.6) is 0 Å². The van der Waals surface area contributed by atoms with Gasteiger partial charge in [0.1, 0.15) is 0 Å². The van der Waals surface area contributed by atoms with Crippen molar-refractivity contribution in [1.29, 1.82) is 0 Å². The van der Waals surface area contributed by atoms with E-state index in [9.17, 15) is 4.79 Å². The van der Waals surface area contributed by atoms with E-state index in [4.69, 9.17) is 4.42 Å². The van der Waals surface area contributed by atoms with Crippen molar-refractivity contribution in [1.82, 2.24) is 5.32 Å². The molecule has 1 amide bonds. The third-order valence-electron chi connectivity index (χ3n) is 3.33. The highest BCUT2D eigenvalue weighted by Crippen LogP contribution is 2.32. The van der Waals surface area contributed by atoms with Gasteiger partial charge in [-0.2, -0.15) is 0 Å². The minimum atomic E-state index is 0.0362. The second-order valence-electron chi connectivity index (χ2n) is 4.51. The number of fused-ring (bicyclic) bond motifs is 1. The van der Waals surface area contributed by atoms with Crippen LogP contribution in [0.1, 0.15) is 22.7 Å². The molecule has 0 aliphatic carbocycles. The maximum atomic E-state index is 11.4. The standard InChI is InChI=1S/C14H13BrN2O2/c1-16-13(10-4-5-19-14(10)15)8-2-3-11-9(6-8)7-12(18)17-11/h2-6,13,16H,7H2,1H3,(H,17,18). The van der Waals surface area contributed by atoms with Crippen LogP contribution in [0.4, 0.5) is 5.69 Å². The van der Waals surface area contributed by atoms with Gasteiger partial charge in [0.05, 0.1) is 18.7 Å². The lowest BCUT2D eigenvalue weighted by molar-refractivity contribution is -0.115. The lowest BCUT2D eigenvalue weighted by atomic mass is 9.98. The first kappa shape index (κ1) is 12.4. The zero-order valence-electron chi connectivity index (χ0n) is 10.4. The summed E-state index contributed by atoms with van der Waals surface area (Å²) in [5.41, 5.74) is 4.11. The van der Waals surface area contributed by atoms with Gasteiger partial charge < -0.3 is 15.1 Å². The van der Waals surface area contributed by atoms with Gasteiger partial charge in [0.25, 0.3) is 0 Å². The summed E-state index contributed by atoms with van der Waals surface area (Å²) in [6.45, 7) is 0. The summed E-state index contributed by atoms with van der Waals surface area (Å²) in [4.78, 5) is 11.4. The van der Waals surface area contributed by atoms with Crippen molar-refractivity contribution in [3.63, 3.8) is 0 Å². The van der Waals surface area contributed by atoms with E-state index >= 15 is 0 Å². The Balaban J connectivity index is 2.00. The molecule has 0 saturated carbocycles. The highest BCUT2D eigenvalue weighted by Gasteiger charge is 2.22. The first-order valence-corrected chi connectivity index (χ1v) is 6.81. The zero-order valence-corrected chi connectivity index (χ0v) is 12.0. The molecule has 0 spiro atoms. The van der Waals surface area contributed by atoms with Gasteiger partial charge in [-0.25, -0.2) is 0 Å². The van der Waals surface area contributed by atoms with Crippen molar-refractivity contribution < 1.29 is 9.21 Å². The number of rotatable bonds is 3. The minimum Gasteiger partial charge on any atom is -0.457 e. The van der Waals surface area contributed by atoms with Gasteiger partial charge in [-0.15, -0.1) is 0 Å². The normalized spacial score (nSPS) is 15.2. The van der Waals surface area contributed by atoms with Crippen molar-refractivity contribution in [3.8, 4) is 0 Å². The predicted octanol–water partition coefficient (Wildman–Crippen LogP) is 2.85. The summed E-state index contributed by atoms with van der Waals surface area (Å²) in [6.07, 6.45) is 2.11. The Morgan fingerprint density at radius 3 is 2.95 bits per heavy atom. The first-order chi connectivity index (χ1) is 9.19. The van der Waals surface area contributed by atoms with E-state index in [2.05, 4.69) is 32.6 Å². The van der Waals surface area contributed by atoms with Crippen LogP contribution in [0.3, 0.4) is 0 Å². The van der Waals surface area contributed by atoms with Crippen LogP contribution in [0.15, 0.2) is 39.6 Å². The Bertz CT molecular complexity index is 636. The monoisotopic (exact) mass is 320 g/mol. The number of carbonyl (C=O) groups excluding carboxylic acids is 1. The fourth-order valence-electron chi connectivity index (χ4n) is 2.44. The molecule has 0 fully saturated rings. The molecule has 5 heteroatoms. The highest BCUT2D eigenvalue weighted by atomic mass is 79.9. The van der Waals surface area contributed by atoms with E-state index in [0.29, 0.717) is 6.42 Å². The van der Waals surface area contributed by atoms with Crippen LogP contribution in [0.25, 0.3) is 0 Å². The van der Waals surface area contributed by atoms with E-state index in [1.54, 1.807) is 6.26 Å². The van der Waals surface area contributed by atoms with Gasteiger partial charge in [-0.1, -0.05) is 12.1 Å². The molecule has 1 aliphatic rings. The third-order valence-corrected chi connectivity index (χ3v) is 3.98. The van der Waals surface area contributed by atoms with Crippen molar-refractivity contribution in [2.75, 3.05) is 12.4 Å². The Kier molecular flexibility index (Phi) is 3.16. The first-order valence-electron chi connectivity index (χ1n) is 6.02. The number of carbonyl (C=O) groups is 1. The number of nitrogens with one attached hydrogen (secondary N) is 2. The van der Waals surface area contributed by atoms with Crippen LogP contribution in [-0.2, 0) is 11.2 Å². The second kappa shape index (κ2) is 4.83. The van der Waals surface area contributed by atoms with E-state index in [-0.39, 0.29) is 11.9 Å². The number of amides is 1. The Hall–Kier alpha value is -1.59. The average Bonchev–Trinajstić information content (AvgIpc) is 2.95. The van der Waals surface area contributed by atoms with Gasteiger partial charge in [-0.3, -0.25) is 4.79 Å². The van der Waals surface area contributed by atoms with Gasteiger partial charge in [-0.05, 0) is 46.2 Å². The van der Waals surface area contributed by atoms with E-state index in [1.807, 2.05) is 25.2 Å². The largest absolute Gasteiger partial charge is 0.457 e. The minimum absolute atomic E-state index is 0.0362. The molecular weight excluding hydrogens is 308 g/mol. The zero-order chi connectivity index (χ0) is 13.4. The summed E-state index contributed by atoms with van der Waals surface area (Å²) in [6, 6.07) is 8.00. The molecule has 2 aromatic rings. The van der Waals surface area contributed by atoms with Gasteiger partial charge in [0.15, 0.2) is 4.67 Å². The second-order valence-corrected chi connectivity index (χ2v) is 5.23. The molecule has 3 rings (SSSR count). The van der Waals surface area contributed by atoms with Gasteiger partial charge in [0, 0.05) is 11.3 Å². The highest BCUT2D eigenvalue weighted by molar-refractivity contribution is 9.10. The van der Waals surface area contributed by atoms with E-state index < -0.39 is 0 Å². The molecule has 1 aliphatic heterocycles. The molecule has 19 heavy (non-hydrogen) atoms. The molecular formula is C14H13BrN2O2. The Morgan fingerprint density at radius 1 is 1.42 bits per heavy atom. The van der Waals surface area contributed by atoms with Crippen LogP contribution >= 0.6 is 15.9 Å². The van der Waals surface area contributed by atoms with Crippen molar-refractivity contribution >= 4 is 27.5 Å². The van der Waals surface area contributed by atoms with Crippen LogP contribution in [0.2, 0.25) is 0 Å². The SMILES string of the molecule is CNC(c1ccc2c(c1)CC(=O)N2)c1ccoc1Br. The number of anilines is 1. The molecule has 0 radical (unpaired) electrons. The van der Waals surface area contributed by atoms with E-state index in [1.165, 1.54) is 0 Å². The average molecular weight is 321 g/mol. The van der Waals surface area contributed by atoms with Gasteiger partial charge in [0.2, 0.25) is 5.91 Å². The quantitative estimate of drug-likeness (QED) is 0.914. The van der Waals surface area contributed by atoms with Gasteiger partial charge >= 0.3 is 0 Å². The number of hydrogen-bond donors (Lipinski definition) is 2. The topological polar surface area (TPSA) is 54.3 Å². The summed E-state index contributed by atoms with van der Waals surface area (Å²) in [7, 11) is 1.90. The molecule has 2 N–H and O–H groups in total. The predicted molar refractivity (Wildman–Crippen MR) is 76.1 cm³/mol. The molecule has 98 valence electrons. The summed E-state index contributed by atoms with van der Waals surface area (Å²) in [5, 5.41) is 6.11. The lowest BCUT2D eigenvalue weighted by Crippen LogP contribution is -2.17. The summed E-state index contributed by atoms with van der Waals surface area (Å²) >= 11 is 3.40. The molecule has 1 aromatic carbocycles. The summed E-state index contributed by atoms with van der Waals surface area (Å²) in [5.74, 6) is 0.0534. The summed E-state index contributed by atoms with van der Waals surface area (Å²) < 4.78 is 6.01.